The molecule has 19 heavy (non-hydrogen) atoms. The lowest BCUT2D eigenvalue weighted by Gasteiger charge is -2.43. The molecule has 5 nitrogen and oxygen atoms in total. The highest BCUT2D eigenvalue weighted by Gasteiger charge is 2.28. The van der Waals surface area contributed by atoms with E-state index >= 15 is 0 Å². The van der Waals surface area contributed by atoms with Crippen molar-refractivity contribution < 1.29 is 0 Å². The number of halogens is 1. The maximum absolute atomic E-state index is 4.62. The van der Waals surface area contributed by atoms with Gasteiger partial charge >= 0.3 is 0 Å². The lowest BCUT2D eigenvalue weighted by atomic mass is 10.1. The van der Waals surface area contributed by atoms with Crippen molar-refractivity contribution in [2.75, 3.05) is 36.9 Å². The van der Waals surface area contributed by atoms with Gasteiger partial charge in [0.25, 0.3) is 0 Å². The highest BCUT2D eigenvalue weighted by atomic mass is 79.9. The van der Waals surface area contributed by atoms with Crippen LogP contribution in [0, 0.1) is 0 Å². The van der Waals surface area contributed by atoms with E-state index < -0.39 is 0 Å². The lowest BCUT2D eigenvalue weighted by Crippen LogP contribution is -2.55. The van der Waals surface area contributed by atoms with E-state index in [0.717, 1.165) is 29.9 Å². The molecular weight excluding hydrogens is 306 g/mol. The molecule has 1 aromatic rings. The van der Waals surface area contributed by atoms with Crippen molar-refractivity contribution in [1.82, 2.24) is 14.9 Å². The maximum Gasteiger partial charge on any atom is 0.224 e. The van der Waals surface area contributed by atoms with Crippen LogP contribution >= 0.6 is 15.9 Å². The fraction of sp³-hybridized carbons (Fsp3) is 0.692. The molecule has 1 aliphatic heterocycles. The van der Waals surface area contributed by atoms with Crippen LogP contribution in [-0.2, 0) is 0 Å². The van der Waals surface area contributed by atoms with Crippen LogP contribution in [0.5, 0.6) is 0 Å². The van der Waals surface area contributed by atoms with Gasteiger partial charge in [-0.1, -0.05) is 0 Å². The summed E-state index contributed by atoms with van der Waals surface area (Å²) in [7, 11) is 2.19. The Bertz CT molecular complexity index is 427. The van der Waals surface area contributed by atoms with Crippen molar-refractivity contribution in [2.45, 2.75) is 32.9 Å². The third-order valence-electron chi connectivity index (χ3n) is 3.72. The zero-order valence-corrected chi connectivity index (χ0v) is 13.6. The number of likely N-dealkylation sites (N-methyl/N-ethyl adjacent to an activating group) is 1. The molecule has 2 rings (SSSR count). The number of rotatable bonds is 3. The third kappa shape index (κ3) is 3.17. The maximum atomic E-state index is 4.62. The molecule has 1 saturated heterocycles. The van der Waals surface area contributed by atoms with Crippen LogP contribution < -0.4 is 10.2 Å². The Kier molecular flexibility index (Phi) is 4.62. The van der Waals surface area contributed by atoms with Gasteiger partial charge in [-0.3, -0.25) is 4.90 Å². The molecule has 0 aromatic carbocycles. The van der Waals surface area contributed by atoms with Crippen molar-refractivity contribution in [3.05, 3.63) is 10.7 Å². The molecule has 2 heterocycles. The molecule has 0 aliphatic carbocycles. The Balaban J connectivity index is 2.23. The standard InChI is InChI=1S/C13H22BrN5/c1-5-15-13-16-6-11(14)12(17-13)19-7-9(2)18(4)10(3)8-19/h6,9-10H,5,7-8H2,1-4H3,(H,15,16,17). The summed E-state index contributed by atoms with van der Waals surface area (Å²) >= 11 is 3.56. The summed E-state index contributed by atoms with van der Waals surface area (Å²) in [5.41, 5.74) is 0. The van der Waals surface area contributed by atoms with Crippen molar-refractivity contribution in [1.29, 1.82) is 0 Å². The van der Waals surface area contributed by atoms with Crippen LogP contribution in [0.2, 0.25) is 0 Å². The van der Waals surface area contributed by atoms with Gasteiger partial charge in [0.05, 0.1) is 4.47 Å². The van der Waals surface area contributed by atoms with Crippen molar-refractivity contribution >= 4 is 27.7 Å². The summed E-state index contributed by atoms with van der Waals surface area (Å²) in [6.07, 6.45) is 1.83. The Labute approximate surface area is 123 Å². The van der Waals surface area contributed by atoms with E-state index in [1.807, 2.05) is 13.1 Å². The largest absolute Gasteiger partial charge is 0.354 e. The van der Waals surface area contributed by atoms with E-state index in [4.69, 9.17) is 0 Å². The average Bonchev–Trinajstić information content (AvgIpc) is 2.38. The summed E-state index contributed by atoms with van der Waals surface area (Å²) < 4.78 is 0.957. The van der Waals surface area contributed by atoms with Crippen molar-refractivity contribution in [2.24, 2.45) is 0 Å². The first kappa shape index (κ1) is 14.5. The zero-order valence-electron chi connectivity index (χ0n) is 12.0. The molecule has 1 aromatic heterocycles. The number of nitrogens with zero attached hydrogens (tertiary/aromatic N) is 4. The van der Waals surface area contributed by atoms with E-state index in [2.05, 4.69) is 61.9 Å². The molecule has 0 amide bonds. The van der Waals surface area contributed by atoms with Gasteiger partial charge in [-0.05, 0) is 43.7 Å². The van der Waals surface area contributed by atoms with Gasteiger partial charge in [0.1, 0.15) is 5.82 Å². The van der Waals surface area contributed by atoms with Gasteiger partial charge in [0.15, 0.2) is 0 Å². The fourth-order valence-electron chi connectivity index (χ4n) is 2.40. The van der Waals surface area contributed by atoms with E-state index in [1.165, 1.54) is 0 Å². The van der Waals surface area contributed by atoms with Crippen LogP contribution in [0.4, 0.5) is 11.8 Å². The normalized spacial score (nSPS) is 24.6. The average molecular weight is 328 g/mol. The van der Waals surface area contributed by atoms with Gasteiger partial charge in [-0.15, -0.1) is 0 Å². The second-order valence-electron chi connectivity index (χ2n) is 5.16. The molecule has 0 saturated carbocycles. The molecule has 106 valence electrons. The number of anilines is 2. The molecule has 1 fully saturated rings. The lowest BCUT2D eigenvalue weighted by molar-refractivity contribution is 0.169. The Hall–Kier alpha value is -0.880. The van der Waals surface area contributed by atoms with Gasteiger partial charge in [-0.25, -0.2) is 4.98 Å². The molecule has 0 bridgehead atoms. The number of hydrogen-bond donors (Lipinski definition) is 1. The monoisotopic (exact) mass is 327 g/mol. The Morgan fingerprint density at radius 1 is 1.37 bits per heavy atom. The quantitative estimate of drug-likeness (QED) is 0.922. The fourth-order valence-corrected chi connectivity index (χ4v) is 2.84. The number of nitrogens with one attached hydrogen (secondary N) is 1. The first-order valence-electron chi connectivity index (χ1n) is 6.76. The first-order chi connectivity index (χ1) is 9.02. The van der Waals surface area contributed by atoms with Gasteiger partial charge in [0, 0.05) is 37.9 Å². The molecule has 0 spiro atoms. The Morgan fingerprint density at radius 2 is 2.00 bits per heavy atom. The molecule has 2 unspecified atom stereocenters. The van der Waals surface area contributed by atoms with Gasteiger partial charge < -0.3 is 10.2 Å². The highest BCUT2D eigenvalue weighted by molar-refractivity contribution is 9.10. The SMILES string of the molecule is CCNc1ncc(Br)c(N2CC(C)N(C)C(C)C2)n1. The second kappa shape index (κ2) is 6.05. The van der Waals surface area contributed by atoms with Crippen LogP contribution in [0.25, 0.3) is 0 Å². The summed E-state index contributed by atoms with van der Waals surface area (Å²) in [5, 5.41) is 3.17. The summed E-state index contributed by atoms with van der Waals surface area (Å²) in [6, 6.07) is 1.04. The van der Waals surface area contributed by atoms with Crippen molar-refractivity contribution in [3.63, 3.8) is 0 Å². The zero-order chi connectivity index (χ0) is 14.0. The highest BCUT2D eigenvalue weighted by Crippen LogP contribution is 2.27. The molecule has 0 radical (unpaired) electrons. The van der Waals surface area contributed by atoms with E-state index in [1.54, 1.807) is 0 Å². The van der Waals surface area contributed by atoms with Crippen LogP contribution in [0.1, 0.15) is 20.8 Å². The molecule has 6 heteroatoms. The number of aromatic nitrogens is 2. The third-order valence-corrected chi connectivity index (χ3v) is 4.28. The molecular formula is C13H22BrN5. The minimum absolute atomic E-state index is 0.521. The van der Waals surface area contributed by atoms with Gasteiger partial charge in [0.2, 0.25) is 5.95 Å². The summed E-state index contributed by atoms with van der Waals surface area (Å²) in [4.78, 5) is 13.6. The number of piperazine rings is 1. The summed E-state index contributed by atoms with van der Waals surface area (Å²) in [6.45, 7) is 9.36. The van der Waals surface area contributed by atoms with Crippen LogP contribution in [0.3, 0.4) is 0 Å². The van der Waals surface area contributed by atoms with E-state index in [9.17, 15) is 0 Å². The second-order valence-corrected chi connectivity index (χ2v) is 6.02. The van der Waals surface area contributed by atoms with E-state index in [0.29, 0.717) is 18.0 Å². The van der Waals surface area contributed by atoms with E-state index in [-0.39, 0.29) is 0 Å². The summed E-state index contributed by atoms with van der Waals surface area (Å²) in [5.74, 6) is 1.68. The molecule has 1 aliphatic rings. The number of hydrogen-bond acceptors (Lipinski definition) is 5. The molecule has 1 N–H and O–H groups in total. The smallest absolute Gasteiger partial charge is 0.224 e. The first-order valence-corrected chi connectivity index (χ1v) is 7.55. The van der Waals surface area contributed by atoms with Crippen LogP contribution in [0.15, 0.2) is 10.7 Å². The minimum atomic E-state index is 0.521. The predicted molar refractivity (Wildman–Crippen MR) is 82.8 cm³/mol. The Morgan fingerprint density at radius 3 is 2.58 bits per heavy atom. The minimum Gasteiger partial charge on any atom is -0.354 e. The van der Waals surface area contributed by atoms with Crippen LogP contribution in [-0.4, -0.2) is 53.6 Å². The predicted octanol–water partition coefficient (Wildman–Crippen LogP) is 2.20. The van der Waals surface area contributed by atoms with Gasteiger partial charge in [-0.2, -0.15) is 4.98 Å². The van der Waals surface area contributed by atoms with Crippen molar-refractivity contribution in [3.8, 4) is 0 Å². The topological polar surface area (TPSA) is 44.3 Å². The molecule has 2 atom stereocenters.